The molecule has 1 saturated heterocycles. The van der Waals surface area contributed by atoms with Crippen LogP contribution in [0.25, 0.3) is 0 Å². The summed E-state index contributed by atoms with van der Waals surface area (Å²) in [6, 6.07) is 6.31. The number of aryl methyl sites for hydroxylation is 2. The fourth-order valence-electron chi connectivity index (χ4n) is 4.58. The van der Waals surface area contributed by atoms with Crippen molar-refractivity contribution in [1.29, 1.82) is 0 Å². The molecule has 0 unspecified atom stereocenters. The van der Waals surface area contributed by atoms with E-state index in [2.05, 4.69) is 32.4 Å². The van der Waals surface area contributed by atoms with Crippen molar-refractivity contribution in [2.45, 2.75) is 39.5 Å². The second-order valence-electron chi connectivity index (χ2n) is 8.26. The number of aromatic nitrogens is 1. The molecule has 0 bridgehead atoms. The van der Waals surface area contributed by atoms with Gasteiger partial charge in [-0.25, -0.2) is 0 Å². The van der Waals surface area contributed by atoms with E-state index in [-0.39, 0.29) is 5.78 Å². The van der Waals surface area contributed by atoms with E-state index < -0.39 is 0 Å². The minimum atomic E-state index is 0.277. The number of benzene rings is 1. The van der Waals surface area contributed by atoms with E-state index in [1.165, 1.54) is 11.1 Å². The van der Waals surface area contributed by atoms with Gasteiger partial charge < -0.3 is 14.7 Å². The number of ketones is 1. The highest BCUT2D eigenvalue weighted by Crippen LogP contribution is 2.25. The summed E-state index contributed by atoms with van der Waals surface area (Å²) >= 11 is 0. The predicted octanol–water partition coefficient (Wildman–Crippen LogP) is 2.76. The van der Waals surface area contributed by atoms with Gasteiger partial charge in [0, 0.05) is 38.2 Å². The van der Waals surface area contributed by atoms with Crippen LogP contribution in [-0.2, 0) is 12.8 Å². The number of anilines is 1. The van der Waals surface area contributed by atoms with Crippen molar-refractivity contribution < 1.29 is 9.32 Å². The highest BCUT2D eigenvalue weighted by molar-refractivity contribution is 5.96. The summed E-state index contributed by atoms with van der Waals surface area (Å²) in [5.41, 5.74) is 5.74. The van der Waals surface area contributed by atoms with Crippen LogP contribution in [0.1, 0.15) is 45.8 Å². The first-order valence-corrected chi connectivity index (χ1v) is 10.9. The first-order chi connectivity index (χ1) is 14.1. The zero-order chi connectivity index (χ0) is 20.2. The smallest absolute Gasteiger partial charge is 0.162 e. The van der Waals surface area contributed by atoms with E-state index in [4.69, 9.17) is 4.52 Å². The van der Waals surface area contributed by atoms with E-state index in [0.29, 0.717) is 6.42 Å². The van der Waals surface area contributed by atoms with Crippen LogP contribution < -0.4 is 10.2 Å². The minimum absolute atomic E-state index is 0.277. The van der Waals surface area contributed by atoms with Gasteiger partial charge in [0.15, 0.2) is 11.5 Å². The maximum atomic E-state index is 12.7. The standard InChI is InChI=1S/C23H32N4O2/c1-17-23(18(2)29-25-17)27-14-12-26(13-15-27)11-3-4-22(28)21-6-5-19-7-9-24-10-8-20(19)16-21/h5-6,16,24H,3-4,7-15H2,1-2H3. The van der Waals surface area contributed by atoms with Crippen LogP contribution in [-0.4, -0.2) is 61.7 Å². The lowest BCUT2D eigenvalue weighted by Crippen LogP contribution is -2.47. The molecule has 156 valence electrons. The van der Waals surface area contributed by atoms with Gasteiger partial charge in [-0.3, -0.25) is 9.69 Å². The molecule has 29 heavy (non-hydrogen) atoms. The normalized spacial score (nSPS) is 17.8. The van der Waals surface area contributed by atoms with E-state index in [0.717, 1.165) is 87.8 Å². The van der Waals surface area contributed by atoms with E-state index >= 15 is 0 Å². The van der Waals surface area contributed by atoms with Gasteiger partial charge in [0.2, 0.25) is 0 Å². The van der Waals surface area contributed by atoms with Crippen LogP contribution in [0.5, 0.6) is 0 Å². The molecule has 4 rings (SSSR count). The second kappa shape index (κ2) is 9.09. The number of Topliss-reactive ketones (excluding diaryl/α,β-unsaturated/α-hetero) is 1. The summed E-state index contributed by atoms with van der Waals surface area (Å²) in [5.74, 6) is 1.18. The number of piperazine rings is 1. The Balaban J connectivity index is 1.24. The second-order valence-corrected chi connectivity index (χ2v) is 8.26. The molecule has 1 fully saturated rings. The molecule has 2 aliphatic rings. The maximum absolute atomic E-state index is 12.7. The van der Waals surface area contributed by atoms with Crippen molar-refractivity contribution >= 4 is 11.5 Å². The summed E-state index contributed by atoms with van der Waals surface area (Å²) in [6.45, 7) is 11.0. The number of carbonyl (C=O) groups is 1. The lowest BCUT2D eigenvalue weighted by Gasteiger charge is -2.35. The van der Waals surface area contributed by atoms with E-state index in [1.54, 1.807) is 0 Å². The molecule has 1 aromatic heterocycles. The number of hydrogen-bond acceptors (Lipinski definition) is 6. The van der Waals surface area contributed by atoms with Crippen molar-refractivity contribution in [3.63, 3.8) is 0 Å². The van der Waals surface area contributed by atoms with Gasteiger partial charge in [0.25, 0.3) is 0 Å². The molecule has 3 heterocycles. The molecule has 6 nitrogen and oxygen atoms in total. The maximum Gasteiger partial charge on any atom is 0.162 e. The van der Waals surface area contributed by atoms with Crippen molar-refractivity contribution in [2.75, 3.05) is 50.7 Å². The molecule has 0 radical (unpaired) electrons. The molecule has 0 atom stereocenters. The number of carbonyl (C=O) groups excluding carboxylic acids is 1. The van der Waals surface area contributed by atoms with Crippen molar-refractivity contribution in [3.8, 4) is 0 Å². The first-order valence-electron chi connectivity index (χ1n) is 10.9. The van der Waals surface area contributed by atoms with E-state index in [1.807, 2.05) is 19.9 Å². The monoisotopic (exact) mass is 396 g/mol. The molecule has 2 aliphatic heterocycles. The molecule has 0 spiro atoms. The van der Waals surface area contributed by atoms with Gasteiger partial charge >= 0.3 is 0 Å². The predicted molar refractivity (Wildman–Crippen MR) is 115 cm³/mol. The number of rotatable bonds is 6. The third-order valence-corrected chi connectivity index (χ3v) is 6.23. The molecule has 6 heteroatoms. The molecule has 2 aromatic rings. The Morgan fingerprint density at radius 2 is 1.86 bits per heavy atom. The number of fused-ring (bicyclic) bond motifs is 1. The topological polar surface area (TPSA) is 61.6 Å². The van der Waals surface area contributed by atoms with Crippen LogP contribution in [0.2, 0.25) is 0 Å². The summed E-state index contributed by atoms with van der Waals surface area (Å²) in [6.07, 6.45) is 3.62. The lowest BCUT2D eigenvalue weighted by atomic mass is 9.97. The highest BCUT2D eigenvalue weighted by Gasteiger charge is 2.22. The quantitative estimate of drug-likeness (QED) is 0.758. The number of nitrogens with one attached hydrogen (secondary N) is 1. The first kappa shape index (κ1) is 20.1. The summed E-state index contributed by atoms with van der Waals surface area (Å²) < 4.78 is 5.30. The van der Waals surface area contributed by atoms with Crippen LogP contribution in [0.15, 0.2) is 22.7 Å². The van der Waals surface area contributed by atoms with Crippen LogP contribution in [0.3, 0.4) is 0 Å². The molecule has 1 aromatic carbocycles. The van der Waals surface area contributed by atoms with Crippen molar-refractivity contribution in [2.24, 2.45) is 0 Å². The third-order valence-electron chi connectivity index (χ3n) is 6.23. The van der Waals surface area contributed by atoms with Gasteiger partial charge in [-0.15, -0.1) is 0 Å². The third kappa shape index (κ3) is 4.70. The Morgan fingerprint density at radius 3 is 2.59 bits per heavy atom. The average molecular weight is 397 g/mol. The summed E-state index contributed by atoms with van der Waals surface area (Å²) in [5, 5.41) is 7.50. The van der Waals surface area contributed by atoms with Crippen LogP contribution in [0, 0.1) is 13.8 Å². The van der Waals surface area contributed by atoms with Gasteiger partial charge in [-0.2, -0.15) is 0 Å². The lowest BCUT2D eigenvalue weighted by molar-refractivity contribution is 0.0974. The van der Waals surface area contributed by atoms with Gasteiger partial charge in [0.1, 0.15) is 11.4 Å². The average Bonchev–Trinajstić information content (AvgIpc) is 2.93. The summed E-state index contributed by atoms with van der Waals surface area (Å²) in [7, 11) is 0. The Kier molecular flexibility index (Phi) is 6.31. The minimum Gasteiger partial charge on any atom is -0.365 e. The fraction of sp³-hybridized carbons (Fsp3) is 0.565. The molecule has 0 amide bonds. The fourth-order valence-corrected chi connectivity index (χ4v) is 4.58. The van der Waals surface area contributed by atoms with Crippen molar-refractivity contribution in [3.05, 3.63) is 46.3 Å². The zero-order valence-corrected chi connectivity index (χ0v) is 17.7. The van der Waals surface area contributed by atoms with E-state index in [9.17, 15) is 4.79 Å². The summed E-state index contributed by atoms with van der Waals surface area (Å²) in [4.78, 5) is 17.5. The molecule has 0 saturated carbocycles. The van der Waals surface area contributed by atoms with Gasteiger partial charge in [-0.1, -0.05) is 17.3 Å². The SMILES string of the molecule is Cc1noc(C)c1N1CCN(CCCC(=O)c2ccc3c(c2)CCNCC3)CC1. The molecule has 0 aliphatic carbocycles. The molecular formula is C23H32N4O2. The Bertz CT molecular complexity index is 833. The Hall–Kier alpha value is -2.18. The van der Waals surface area contributed by atoms with Crippen molar-refractivity contribution in [1.82, 2.24) is 15.4 Å². The number of nitrogens with zero attached hydrogens (tertiary/aromatic N) is 3. The van der Waals surface area contributed by atoms with Crippen LogP contribution >= 0.6 is 0 Å². The van der Waals surface area contributed by atoms with Gasteiger partial charge in [0.05, 0.1) is 0 Å². The highest BCUT2D eigenvalue weighted by atomic mass is 16.5. The number of hydrogen-bond donors (Lipinski definition) is 1. The molecular weight excluding hydrogens is 364 g/mol. The van der Waals surface area contributed by atoms with Gasteiger partial charge in [-0.05, 0) is 69.9 Å². The Morgan fingerprint density at radius 1 is 1.10 bits per heavy atom. The largest absolute Gasteiger partial charge is 0.365 e. The molecule has 1 N–H and O–H groups in total. The Labute approximate surface area is 173 Å². The van der Waals surface area contributed by atoms with Crippen LogP contribution in [0.4, 0.5) is 5.69 Å². The zero-order valence-electron chi connectivity index (χ0n) is 17.7.